The van der Waals surface area contributed by atoms with E-state index in [1.165, 1.54) is 6.92 Å². The molecule has 1 aliphatic heterocycles. The van der Waals surface area contributed by atoms with Crippen LogP contribution in [0.3, 0.4) is 0 Å². The Morgan fingerprint density at radius 1 is 1.50 bits per heavy atom. The Morgan fingerprint density at radius 3 is 2.67 bits per heavy atom. The number of amides is 2. The normalized spacial score (nSPS) is 24.1. The summed E-state index contributed by atoms with van der Waals surface area (Å²) >= 11 is 4.08. The first-order valence-corrected chi connectivity index (χ1v) is 6.79. The number of carbonyl (C=O) groups is 2. The van der Waals surface area contributed by atoms with Gasteiger partial charge in [0.05, 0.1) is 5.60 Å². The summed E-state index contributed by atoms with van der Waals surface area (Å²) < 4.78 is 5.59. The Balaban J connectivity index is 2.50. The van der Waals surface area contributed by atoms with Crippen molar-refractivity contribution in [1.82, 2.24) is 10.6 Å². The molecule has 1 rings (SSSR count). The lowest BCUT2D eigenvalue weighted by atomic mass is 9.94. The third kappa shape index (κ3) is 4.86. The van der Waals surface area contributed by atoms with Crippen LogP contribution < -0.4 is 10.6 Å². The van der Waals surface area contributed by atoms with Gasteiger partial charge in [0.15, 0.2) is 0 Å². The Labute approximate surface area is 113 Å². The number of nitrogens with one attached hydrogen (secondary N) is 2. The Morgan fingerprint density at radius 2 is 2.17 bits per heavy atom. The highest BCUT2D eigenvalue weighted by atomic mass is 32.1. The Hall–Kier alpha value is -0.750. The molecular weight excluding hydrogens is 252 g/mol. The summed E-state index contributed by atoms with van der Waals surface area (Å²) in [6.45, 7) is 6.05. The summed E-state index contributed by atoms with van der Waals surface area (Å²) in [7, 11) is 0. The van der Waals surface area contributed by atoms with E-state index in [0.717, 1.165) is 12.8 Å². The van der Waals surface area contributed by atoms with E-state index in [0.29, 0.717) is 6.61 Å². The van der Waals surface area contributed by atoms with E-state index in [1.807, 2.05) is 13.8 Å². The van der Waals surface area contributed by atoms with E-state index in [-0.39, 0.29) is 29.2 Å². The third-order valence-electron chi connectivity index (χ3n) is 2.92. The Kier molecular flexibility index (Phi) is 5.47. The van der Waals surface area contributed by atoms with Gasteiger partial charge in [-0.15, -0.1) is 0 Å². The van der Waals surface area contributed by atoms with Crippen molar-refractivity contribution in [3.8, 4) is 0 Å². The summed E-state index contributed by atoms with van der Waals surface area (Å²) in [4.78, 5) is 22.9. The summed E-state index contributed by atoms with van der Waals surface area (Å²) in [6, 6.07) is -0.478. The molecule has 0 radical (unpaired) electrons. The molecule has 6 heteroatoms. The monoisotopic (exact) mass is 274 g/mol. The molecule has 2 amide bonds. The third-order valence-corrected chi connectivity index (χ3v) is 3.29. The van der Waals surface area contributed by atoms with Gasteiger partial charge in [0, 0.05) is 25.3 Å². The number of thiol groups is 1. The summed E-state index contributed by atoms with van der Waals surface area (Å²) in [5, 5.41) is 5.53. The van der Waals surface area contributed by atoms with Crippen molar-refractivity contribution in [3.63, 3.8) is 0 Å². The van der Waals surface area contributed by atoms with Gasteiger partial charge >= 0.3 is 0 Å². The fourth-order valence-corrected chi connectivity index (χ4v) is 2.35. The zero-order valence-electron chi connectivity index (χ0n) is 11.2. The average molecular weight is 274 g/mol. The van der Waals surface area contributed by atoms with Crippen molar-refractivity contribution < 1.29 is 14.3 Å². The topological polar surface area (TPSA) is 67.4 Å². The second-order valence-corrected chi connectivity index (χ2v) is 5.61. The van der Waals surface area contributed by atoms with Crippen LogP contribution >= 0.6 is 12.6 Å². The highest BCUT2D eigenvalue weighted by Gasteiger charge is 2.31. The quantitative estimate of drug-likeness (QED) is 0.654. The van der Waals surface area contributed by atoms with Gasteiger partial charge in [-0.2, -0.15) is 12.6 Å². The van der Waals surface area contributed by atoms with E-state index in [4.69, 9.17) is 4.74 Å². The maximum Gasteiger partial charge on any atom is 0.243 e. The fourth-order valence-electron chi connectivity index (χ4n) is 2.10. The van der Waals surface area contributed by atoms with Crippen molar-refractivity contribution in [3.05, 3.63) is 0 Å². The fraction of sp³-hybridized carbons (Fsp3) is 0.833. The van der Waals surface area contributed by atoms with Crippen LogP contribution in [0.5, 0.6) is 0 Å². The summed E-state index contributed by atoms with van der Waals surface area (Å²) in [5.74, 6) is -0.114. The minimum absolute atomic E-state index is 0.0948. The summed E-state index contributed by atoms with van der Waals surface area (Å²) in [6.07, 6.45) is 1.58. The SMILES string of the molecule is CC(=O)NC(CS)C(=O)NC1CCOC(C)(C)C1. The molecule has 2 unspecified atom stereocenters. The smallest absolute Gasteiger partial charge is 0.243 e. The first-order chi connectivity index (χ1) is 8.34. The van der Waals surface area contributed by atoms with Crippen LogP contribution in [0.1, 0.15) is 33.6 Å². The lowest BCUT2D eigenvalue weighted by Gasteiger charge is -2.36. The second-order valence-electron chi connectivity index (χ2n) is 5.24. The molecule has 0 spiro atoms. The minimum atomic E-state index is -0.572. The largest absolute Gasteiger partial charge is 0.375 e. The van der Waals surface area contributed by atoms with Crippen LogP contribution in [-0.4, -0.2) is 41.9 Å². The first kappa shape index (κ1) is 15.3. The minimum Gasteiger partial charge on any atom is -0.375 e. The van der Waals surface area contributed by atoms with E-state index >= 15 is 0 Å². The maximum atomic E-state index is 12.0. The molecule has 0 aromatic rings. The van der Waals surface area contributed by atoms with Gasteiger partial charge in [0.25, 0.3) is 0 Å². The molecule has 0 bridgehead atoms. The number of ether oxygens (including phenoxy) is 1. The molecule has 18 heavy (non-hydrogen) atoms. The molecule has 2 N–H and O–H groups in total. The number of hydrogen-bond acceptors (Lipinski definition) is 4. The van der Waals surface area contributed by atoms with Gasteiger partial charge in [0.2, 0.25) is 11.8 Å². The molecule has 1 saturated heterocycles. The van der Waals surface area contributed by atoms with E-state index in [2.05, 4.69) is 23.3 Å². The first-order valence-electron chi connectivity index (χ1n) is 6.16. The van der Waals surface area contributed by atoms with E-state index < -0.39 is 6.04 Å². The van der Waals surface area contributed by atoms with Crippen LogP contribution in [0.2, 0.25) is 0 Å². The standard InChI is InChI=1S/C12H22N2O3S/c1-8(15)13-10(7-18)11(16)14-9-4-5-17-12(2,3)6-9/h9-10,18H,4-7H2,1-3H3,(H,13,15)(H,14,16). The van der Waals surface area contributed by atoms with Crippen LogP contribution in [-0.2, 0) is 14.3 Å². The van der Waals surface area contributed by atoms with E-state index in [1.54, 1.807) is 0 Å². The molecule has 0 aliphatic carbocycles. The van der Waals surface area contributed by atoms with Crippen LogP contribution in [0, 0.1) is 0 Å². The molecular formula is C12H22N2O3S. The summed E-state index contributed by atoms with van der Waals surface area (Å²) in [5.41, 5.74) is -0.208. The van der Waals surface area contributed by atoms with Crippen molar-refractivity contribution in [2.24, 2.45) is 0 Å². The molecule has 1 heterocycles. The molecule has 0 aromatic heterocycles. The second kappa shape index (κ2) is 6.43. The molecule has 0 aromatic carbocycles. The molecule has 1 fully saturated rings. The van der Waals surface area contributed by atoms with Gasteiger partial charge < -0.3 is 15.4 Å². The molecule has 104 valence electrons. The van der Waals surface area contributed by atoms with Crippen LogP contribution in [0.15, 0.2) is 0 Å². The van der Waals surface area contributed by atoms with Crippen molar-refractivity contribution in [2.75, 3.05) is 12.4 Å². The van der Waals surface area contributed by atoms with Gasteiger partial charge in [-0.1, -0.05) is 0 Å². The zero-order valence-corrected chi connectivity index (χ0v) is 12.0. The van der Waals surface area contributed by atoms with Crippen molar-refractivity contribution >= 4 is 24.4 Å². The number of hydrogen-bond donors (Lipinski definition) is 3. The molecule has 5 nitrogen and oxygen atoms in total. The number of carbonyl (C=O) groups excluding carboxylic acids is 2. The average Bonchev–Trinajstić information content (AvgIpc) is 2.23. The number of rotatable bonds is 4. The predicted molar refractivity (Wildman–Crippen MR) is 72.7 cm³/mol. The highest BCUT2D eigenvalue weighted by Crippen LogP contribution is 2.23. The maximum absolute atomic E-state index is 12.0. The molecule has 1 aliphatic rings. The van der Waals surface area contributed by atoms with Gasteiger partial charge in [0.1, 0.15) is 6.04 Å². The zero-order chi connectivity index (χ0) is 13.8. The van der Waals surface area contributed by atoms with Crippen LogP contribution in [0.25, 0.3) is 0 Å². The Bertz CT molecular complexity index is 320. The molecule has 2 atom stereocenters. The molecule has 0 saturated carbocycles. The highest BCUT2D eigenvalue weighted by molar-refractivity contribution is 7.80. The van der Waals surface area contributed by atoms with Crippen molar-refractivity contribution in [2.45, 2.75) is 51.3 Å². The van der Waals surface area contributed by atoms with Gasteiger partial charge in [-0.3, -0.25) is 9.59 Å². The van der Waals surface area contributed by atoms with E-state index in [9.17, 15) is 9.59 Å². The van der Waals surface area contributed by atoms with Gasteiger partial charge in [-0.25, -0.2) is 0 Å². The van der Waals surface area contributed by atoms with Crippen molar-refractivity contribution in [1.29, 1.82) is 0 Å². The van der Waals surface area contributed by atoms with Crippen LogP contribution in [0.4, 0.5) is 0 Å². The predicted octanol–water partition coefficient (Wildman–Crippen LogP) is 0.495. The lowest BCUT2D eigenvalue weighted by molar-refractivity contribution is -0.129. The van der Waals surface area contributed by atoms with Gasteiger partial charge in [-0.05, 0) is 26.7 Å². The lowest BCUT2D eigenvalue weighted by Crippen LogP contribution is -2.53.